The van der Waals surface area contributed by atoms with Crippen LogP contribution in [0.2, 0.25) is 51.4 Å². The minimum Gasteiger partial charge on any atom is -0.481 e. The maximum Gasteiger partial charge on any atom is 0.317 e. The Morgan fingerprint density at radius 3 is 1.53 bits per heavy atom. The summed E-state index contributed by atoms with van der Waals surface area (Å²) in [4.78, 5) is 50.0. The monoisotopic (exact) mass is 1200 g/mol. The summed E-state index contributed by atoms with van der Waals surface area (Å²) < 4.78 is 61.4. The molecule has 0 spiro atoms. The highest BCUT2D eigenvalue weighted by atomic mass is 32.2. The molecule has 2 fully saturated rings. The maximum absolute atomic E-state index is 12.3. The van der Waals surface area contributed by atoms with Gasteiger partial charge in [-0.15, -0.1) is 10.2 Å². The SMILES string of the molecule is COC(=O)C(C)(C)COc1cc(C)c(-c2ccc(-c3nc(S(C)(=O)=O)n(COCC[Si](C)(C)C)n3)cn2)cn1.Cc1cc(OCC(C)(C)C(=O)O)ncc1-c1ccc(-c2nc(OCC3CC3)n(COCC[Si](C)(C)C)n2)cn1.OCC1CC1. The average Bonchev–Trinajstić information content (AvgIpc) is 4.48. The number of pyridine rings is 4. The van der Waals surface area contributed by atoms with Crippen molar-refractivity contribution in [3.05, 3.63) is 72.3 Å². The molecule has 6 heterocycles. The highest BCUT2D eigenvalue weighted by molar-refractivity contribution is 7.90. The average molecular weight is 1200 g/mol. The van der Waals surface area contributed by atoms with Crippen LogP contribution in [0.4, 0.5) is 0 Å². The van der Waals surface area contributed by atoms with Crippen LogP contribution in [0.1, 0.15) is 64.5 Å². The normalized spacial score (nSPS) is 13.8. The Labute approximate surface area is 490 Å². The first-order valence-corrected chi connectivity index (χ1v) is 37.2. The molecule has 83 heavy (non-hydrogen) atoms. The van der Waals surface area contributed by atoms with E-state index in [0.717, 1.165) is 51.9 Å². The van der Waals surface area contributed by atoms with Crippen LogP contribution in [0.3, 0.4) is 0 Å². The fourth-order valence-corrected chi connectivity index (χ4v) is 9.56. The second-order valence-corrected chi connectivity index (χ2v) is 38.1. The van der Waals surface area contributed by atoms with E-state index in [-0.39, 0.29) is 36.9 Å². The van der Waals surface area contributed by atoms with Crippen LogP contribution < -0.4 is 14.2 Å². The van der Waals surface area contributed by atoms with Crippen LogP contribution in [0, 0.1) is 36.5 Å². The number of methoxy groups -OCH3 is 1. The molecule has 0 unspecified atom stereocenters. The molecule has 2 aliphatic rings. The predicted octanol–water partition coefficient (Wildman–Crippen LogP) is 9.69. The van der Waals surface area contributed by atoms with Gasteiger partial charge in [-0.25, -0.2) is 23.1 Å². The van der Waals surface area contributed by atoms with Crippen molar-refractivity contribution in [2.24, 2.45) is 22.7 Å². The second kappa shape index (κ2) is 28.4. The van der Waals surface area contributed by atoms with Crippen molar-refractivity contribution in [2.75, 3.05) is 53.0 Å². The van der Waals surface area contributed by atoms with Crippen molar-refractivity contribution in [3.63, 3.8) is 0 Å². The van der Waals surface area contributed by atoms with Gasteiger partial charge in [0.05, 0.1) is 35.9 Å². The molecule has 8 rings (SSSR count). The molecule has 25 heteroatoms. The fourth-order valence-electron chi connectivity index (χ4n) is 7.32. The van der Waals surface area contributed by atoms with E-state index in [1.54, 1.807) is 81.4 Å². The van der Waals surface area contributed by atoms with Crippen LogP contribution in [0.15, 0.2) is 66.3 Å². The number of aliphatic carboxylic acids is 1. The quantitative estimate of drug-likeness (QED) is 0.0276. The van der Waals surface area contributed by atoms with Gasteiger partial charge >= 0.3 is 17.9 Å². The van der Waals surface area contributed by atoms with Crippen molar-refractivity contribution >= 4 is 37.9 Å². The number of aromatic nitrogens is 10. The van der Waals surface area contributed by atoms with Gasteiger partial charge in [0.1, 0.15) is 26.7 Å². The molecule has 6 aromatic heterocycles. The zero-order valence-corrected chi connectivity index (χ0v) is 53.5. The highest BCUT2D eigenvalue weighted by Gasteiger charge is 2.31. The molecule has 2 aliphatic carbocycles. The van der Waals surface area contributed by atoms with E-state index in [0.29, 0.717) is 79.8 Å². The number of esters is 1. The van der Waals surface area contributed by atoms with Crippen LogP contribution in [0.5, 0.6) is 17.8 Å². The van der Waals surface area contributed by atoms with Crippen LogP contribution in [0.25, 0.3) is 45.3 Å². The number of hydrogen-bond donors (Lipinski definition) is 2. The number of nitrogens with zero attached hydrogens (tertiary/aromatic N) is 10. The van der Waals surface area contributed by atoms with E-state index in [1.165, 1.54) is 37.5 Å². The first kappa shape index (κ1) is 65.6. The van der Waals surface area contributed by atoms with Gasteiger partial charge in [-0.05, 0) is 127 Å². The maximum atomic E-state index is 12.3. The third kappa shape index (κ3) is 20.7. The number of carboxylic acids is 1. The number of carbonyl (C=O) groups is 2. The summed E-state index contributed by atoms with van der Waals surface area (Å²) in [7, 11) is -4.73. The summed E-state index contributed by atoms with van der Waals surface area (Å²) in [6.45, 7) is 27.0. The number of aliphatic hydroxyl groups is 1. The minimum absolute atomic E-state index is 0.00148. The Morgan fingerprint density at radius 2 is 1.13 bits per heavy atom. The smallest absolute Gasteiger partial charge is 0.317 e. The zero-order valence-electron chi connectivity index (χ0n) is 50.7. The van der Waals surface area contributed by atoms with E-state index >= 15 is 0 Å². The Bertz CT molecular complexity index is 3230. The van der Waals surface area contributed by atoms with Gasteiger partial charge in [0.15, 0.2) is 11.6 Å². The number of sulfone groups is 1. The molecule has 452 valence electrons. The van der Waals surface area contributed by atoms with E-state index in [4.69, 9.17) is 33.5 Å². The number of ether oxygens (including phenoxy) is 6. The number of aliphatic hydroxyl groups excluding tert-OH is 1. The topological polar surface area (TPSA) is 277 Å². The summed E-state index contributed by atoms with van der Waals surface area (Å²) in [5, 5.41) is 26.4. The molecule has 0 radical (unpaired) electrons. The van der Waals surface area contributed by atoms with Gasteiger partial charge in [0.2, 0.25) is 26.8 Å². The van der Waals surface area contributed by atoms with E-state index in [1.807, 2.05) is 26.0 Å². The summed E-state index contributed by atoms with van der Waals surface area (Å²) in [5.41, 5.74) is 4.41. The zero-order chi connectivity index (χ0) is 60.9. The van der Waals surface area contributed by atoms with Crippen molar-refractivity contribution in [3.8, 4) is 63.1 Å². The molecule has 2 saturated carbocycles. The fraction of sp³-hybridized carbons (Fsp3) is 0.552. The third-order valence-corrected chi connectivity index (χ3v) is 17.7. The number of carbonyl (C=O) groups excluding carboxylic acids is 1. The van der Waals surface area contributed by atoms with Crippen molar-refractivity contribution in [1.29, 1.82) is 0 Å². The molecular weight excluding hydrogens is 1120 g/mol. The summed E-state index contributed by atoms with van der Waals surface area (Å²) in [5.74, 6) is 1.55. The summed E-state index contributed by atoms with van der Waals surface area (Å²) in [6, 6.07) is 13.5. The highest BCUT2D eigenvalue weighted by Crippen LogP contribution is 2.32. The van der Waals surface area contributed by atoms with Crippen LogP contribution in [-0.2, 0) is 47.1 Å². The van der Waals surface area contributed by atoms with E-state index in [2.05, 4.69) is 79.4 Å². The van der Waals surface area contributed by atoms with Crippen molar-refractivity contribution in [1.82, 2.24) is 49.5 Å². The molecule has 0 aliphatic heterocycles. The lowest BCUT2D eigenvalue weighted by atomic mass is 9.95. The predicted molar refractivity (Wildman–Crippen MR) is 320 cm³/mol. The molecule has 0 atom stereocenters. The summed E-state index contributed by atoms with van der Waals surface area (Å²) >= 11 is 0. The standard InChI is InChI=1S/C28H39N5O5Si.C26H37N5O6SSi.C4H8O/c1-19-13-24(38-17-28(2,3)26(34)35)30-15-22(19)23-10-9-21(14-29-23)25-31-27(37-16-20-7-8-20)33(32-25)18-36-11-12-39(4,5)6;1-18-13-22(37-16-26(2,3)24(32)35-4)28-15-20(18)21-10-9-19(14-27-21)23-29-25(38(5,33)34)31(30-23)17-36-11-12-39(6,7)8;5-3-4-1-2-4/h9-10,13-15,20H,7-8,11-12,16-18H2,1-6H3,(H,34,35);9-10,13-15H,11-12,16-17H2,1-8H3;4-5H,1-3H2. The minimum atomic E-state index is -3.62. The largest absolute Gasteiger partial charge is 0.481 e. The van der Waals surface area contributed by atoms with Gasteiger partial charge < -0.3 is 38.6 Å². The number of hydrogen-bond acceptors (Lipinski definition) is 19. The van der Waals surface area contributed by atoms with Gasteiger partial charge in [0, 0.05) is 101 Å². The molecular formula is C58H84N10O12SSi2. The molecule has 0 bridgehead atoms. The van der Waals surface area contributed by atoms with Crippen molar-refractivity contribution < 1.29 is 56.6 Å². The number of aryl methyl sites for hydroxylation is 2. The second-order valence-electron chi connectivity index (χ2n) is 25.0. The molecule has 0 saturated heterocycles. The van der Waals surface area contributed by atoms with Gasteiger partial charge in [-0.3, -0.25) is 19.6 Å². The van der Waals surface area contributed by atoms with Crippen LogP contribution >= 0.6 is 0 Å². The lowest BCUT2D eigenvalue weighted by Crippen LogP contribution is -2.32. The number of rotatable bonds is 27. The summed E-state index contributed by atoms with van der Waals surface area (Å²) in [6.07, 6.45) is 12.7. The Kier molecular flexibility index (Phi) is 22.4. The van der Waals surface area contributed by atoms with Gasteiger partial charge in [-0.1, -0.05) is 39.3 Å². The Hall–Kier alpha value is -6.52. The van der Waals surface area contributed by atoms with Crippen molar-refractivity contribution in [2.45, 2.75) is 137 Å². The molecule has 0 amide bonds. The molecule has 6 aromatic rings. The third-order valence-electron chi connectivity index (χ3n) is 13.4. The van der Waals surface area contributed by atoms with E-state index in [9.17, 15) is 23.1 Å². The first-order chi connectivity index (χ1) is 38.9. The molecule has 2 N–H and O–H groups in total. The number of carboxylic acid groups (broad SMARTS) is 1. The lowest BCUT2D eigenvalue weighted by molar-refractivity contribution is -0.152. The lowest BCUT2D eigenvalue weighted by Gasteiger charge is -2.21. The molecule has 0 aromatic carbocycles. The van der Waals surface area contributed by atoms with Gasteiger partial charge in [0.25, 0.3) is 0 Å². The Morgan fingerprint density at radius 1 is 0.663 bits per heavy atom. The van der Waals surface area contributed by atoms with Gasteiger partial charge in [-0.2, -0.15) is 14.6 Å². The Balaban J connectivity index is 0.000000245. The van der Waals surface area contributed by atoms with Crippen LogP contribution in [-0.4, -0.2) is 149 Å². The first-order valence-electron chi connectivity index (χ1n) is 27.9. The van der Waals surface area contributed by atoms with E-state index < -0.39 is 42.8 Å². The molecule has 22 nitrogen and oxygen atoms in total.